The molecule has 0 bridgehead atoms. The van der Waals surface area contributed by atoms with Gasteiger partial charge in [0.1, 0.15) is 16.6 Å². The van der Waals surface area contributed by atoms with Gasteiger partial charge in [0, 0.05) is 17.6 Å². The maximum Gasteiger partial charge on any atom is 0.223 e. The highest BCUT2D eigenvalue weighted by molar-refractivity contribution is 5.77. The van der Waals surface area contributed by atoms with Crippen molar-refractivity contribution in [3.63, 3.8) is 0 Å². The lowest BCUT2D eigenvalue weighted by Gasteiger charge is -2.16. The van der Waals surface area contributed by atoms with Gasteiger partial charge in [0.05, 0.1) is 12.6 Å². The molecule has 0 aliphatic heterocycles. The second kappa shape index (κ2) is 7.89. The zero-order valence-electron chi connectivity index (χ0n) is 14.9. The molecular formula is C21H18N4O3. The molecule has 140 valence electrons. The molecule has 2 heterocycles. The third kappa shape index (κ3) is 3.56. The smallest absolute Gasteiger partial charge is 0.223 e. The maximum absolute atomic E-state index is 9.74. The number of aliphatic hydroxyl groups excluding tert-OH is 1. The van der Waals surface area contributed by atoms with Crippen LogP contribution in [0.15, 0.2) is 82.5 Å². The summed E-state index contributed by atoms with van der Waals surface area (Å²) in [6, 6.07) is 19.9. The molecule has 2 aromatic carbocycles. The van der Waals surface area contributed by atoms with Gasteiger partial charge >= 0.3 is 0 Å². The highest BCUT2D eigenvalue weighted by atomic mass is 16.4. The lowest BCUT2D eigenvalue weighted by atomic mass is 10.1. The summed E-state index contributed by atoms with van der Waals surface area (Å²) >= 11 is 0. The van der Waals surface area contributed by atoms with E-state index < -0.39 is 0 Å². The van der Waals surface area contributed by atoms with Crippen molar-refractivity contribution in [3.05, 3.63) is 83.8 Å². The molecule has 4 rings (SSSR count). The van der Waals surface area contributed by atoms with Crippen LogP contribution in [-0.2, 0) is 0 Å². The third-order valence-electron chi connectivity index (χ3n) is 4.35. The van der Waals surface area contributed by atoms with E-state index in [-0.39, 0.29) is 12.6 Å². The minimum atomic E-state index is -0.340. The normalized spacial score (nSPS) is 12.8. The quantitative estimate of drug-likeness (QED) is 0.366. The Morgan fingerprint density at radius 3 is 2.61 bits per heavy atom. The second-order valence-electron chi connectivity index (χ2n) is 6.15. The molecule has 0 saturated carbocycles. The molecule has 0 fully saturated rings. The average molecular weight is 374 g/mol. The van der Waals surface area contributed by atoms with Gasteiger partial charge in [-0.1, -0.05) is 47.6 Å². The van der Waals surface area contributed by atoms with Crippen LogP contribution >= 0.6 is 0 Å². The van der Waals surface area contributed by atoms with Crippen molar-refractivity contribution in [2.75, 3.05) is 11.9 Å². The molecule has 1 atom stereocenters. The van der Waals surface area contributed by atoms with Crippen LogP contribution in [0.1, 0.15) is 11.6 Å². The standard InChI is InChI=1S/C21H18N4O3/c26-13-18(14-6-2-1-3-7-14)24-21-22-11-10-16(23-21)20-12-17(25-27)15-8-4-5-9-19(15)28-20/h1-12,18,26-27H,13H2,(H,22,23,24). The van der Waals surface area contributed by atoms with Crippen LogP contribution in [0.3, 0.4) is 0 Å². The minimum absolute atomic E-state index is 0.106. The fourth-order valence-corrected chi connectivity index (χ4v) is 2.97. The van der Waals surface area contributed by atoms with E-state index in [9.17, 15) is 10.3 Å². The predicted molar refractivity (Wildman–Crippen MR) is 104 cm³/mol. The molecule has 0 radical (unpaired) electrons. The Morgan fingerprint density at radius 2 is 1.82 bits per heavy atom. The highest BCUT2D eigenvalue weighted by Gasteiger charge is 2.13. The first-order valence-electron chi connectivity index (χ1n) is 8.75. The van der Waals surface area contributed by atoms with Crippen molar-refractivity contribution >= 4 is 16.9 Å². The Bertz CT molecular complexity index is 1160. The summed E-state index contributed by atoms with van der Waals surface area (Å²) in [5, 5.41) is 26.7. The van der Waals surface area contributed by atoms with E-state index in [0.29, 0.717) is 33.7 Å². The number of fused-ring (bicyclic) bond motifs is 1. The van der Waals surface area contributed by atoms with Gasteiger partial charge in [-0.15, -0.1) is 0 Å². The topological polar surface area (TPSA) is 104 Å². The molecule has 1 unspecified atom stereocenters. The average Bonchev–Trinajstić information content (AvgIpc) is 2.77. The van der Waals surface area contributed by atoms with Gasteiger partial charge < -0.3 is 20.0 Å². The summed E-state index contributed by atoms with van der Waals surface area (Å²) in [7, 11) is 0. The van der Waals surface area contributed by atoms with Crippen molar-refractivity contribution in [1.82, 2.24) is 9.97 Å². The predicted octanol–water partition coefficient (Wildman–Crippen LogP) is 3.33. The van der Waals surface area contributed by atoms with E-state index in [2.05, 4.69) is 20.4 Å². The molecule has 0 aliphatic rings. The minimum Gasteiger partial charge on any atom is -0.454 e. The summed E-state index contributed by atoms with van der Waals surface area (Å²) in [4.78, 5) is 8.72. The summed E-state index contributed by atoms with van der Waals surface area (Å²) in [5.41, 5.74) is 2.03. The highest BCUT2D eigenvalue weighted by Crippen LogP contribution is 2.22. The number of para-hydroxylation sites is 1. The van der Waals surface area contributed by atoms with E-state index in [0.717, 1.165) is 5.56 Å². The van der Waals surface area contributed by atoms with Crippen LogP contribution in [0.4, 0.5) is 5.95 Å². The van der Waals surface area contributed by atoms with Crippen LogP contribution in [0.2, 0.25) is 0 Å². The van der Waals surface area contributed by atoms with Crippen LogP contribution in [0.5, 0.6) is 0 Å². The van der Waals surface area contributed by atoms with E-state index in [1.165, 1.54) is 0 Å². The zero-order valence-corrected chi connectivity index (χ0v) is 14.9. The van der Waals surface area contributed by atoms with Gasteiger partial charge in [-0.3, -0.25) is 0 Å². The zero-order chi connectivity index (χ0) is 19.3. The first-order chi connectivity index (χ1) is 13.8. The van der Waals surface area contributed by atoms with Crippen LogP contribution in [-0.4, -0.2) is 26.9 Å². The summed E-state index contributed by atoms with van der Waals surface area (Å²) in [5.74, 6) is 0.795. The lowest BCUT2D eigenvalue weighted by molar-refractivity contribution is 0.276. The van der Waals surface area contributed by atoms with Crippen LogP contribution < -0.4 is 10.7 Å². The van der Waals surface area contributed by atoms with Gasteiger partial charge in [0.15, 0.2) is 5.76 Å². The number of aliphatic hydroxyl groups is 1. The molecular weight excluding hydrogens is 356 g/mol. The fraction of sp³-hybridized carbons (Fsp3) is 0.0952. The van der Waals surface area contributed by atoms with Gasteiger partial charge in [-0.2, -0.15) is 0 Å². The molecule has 4 aromatic rings. The number of nitrogens with zero attached hydrogens (tertiary/aromatic N) is 3. The van der Waals surface area contributed by atoms with Gasteiger partial charge in [-0.05, 0) is 23.8 Å². The number of nitrogens with one attached hydrogen (secondary N) is 1. The van der Waals surface area contributed by atoms with Gasteiger partial charge in [0.25, 0.3) is 0 Å². The van der Waals surface area contributed by atoms with Crippen molar-refractivity contribution in [1.29, 1.82) is 0 Å². The molecule has 0 amide bonds. The van der Waals surface area contributed by atoms with Gasteiger partial charge in [0.2, 0.25) is 5.95 Å². The molecule has 0 spiro atoms. The van der Waals surface area contributed by atoms with Crippen molar-refractivity contribution in [2.45, 2.75) is 6.04 Å². The Balaban J connectivity index is 1.70. The molecule has 3 N–H and O–H groups in total. The van der Waals surface area contributed by atoms with Crippen molar-refractivity contribution in [2.24, 2.45) is 5.16 Å². The Labute approximate surface area is 160 Å². The fourth-order valence-electron chi connectivity index (χ4n) is 2.97. The number of rotatable bonds is 5. The van der Waals surface area contributed by atoms with E-state index >= 15 is 0 Å². The van der Waals surface area contributed by atoms with Crippen molar-refractivity contribution in [3.8, 4) is 11.5 Å². The first-order valence-corrected chi connectivity index (χ1v) is 8.75. The first kappa shape index (κ1) is 17.7. The SMILES string of the molecule is OCC(Nc1nccc(-c2cc(=NO)c3ccccc3o2)n1)c1ccccc1. The largest absolute Gasteiger partial charge is 0.454 e. The Hall–Kier alpha value is -3.71. The van der Waals surface area contributed by atoms with E-state index in [4.69, 9.17) is 4.42 Å². The monoisotopic (exact) mass is 374 g/mol. The number of hydrogen-bond acceptors (Lipinski definition) is 7. The number of hydrogen-bond donors (Lipinski definition) is 3. The summed E-state index contributed by atoms with van der Waals surface area (Å²) in [6.45, 7) is -0.106. The molecule has 7 nitrogen and oxygen atoms in total. The van der Waals surface area contributed by atoms with E-state index in [1.807, 2.05) is 48.5 Å². The van der Waals surface area contributed by atoms with Crippen molar-refractivity contribution < 1.29 is 14.7 Å². The molecule has 28 heavy (non-hydrogen) atoms. The number of anilines is 1. The molecule has 0 aliphatic carbocycles. The maximum atomic E-state index is 9.74. The van der Waals surface area contributed by atoms with Crippen LogP contribution in [0, 0.1) is 0 Å². The Morgan fingerprint density at radius 1 is 1.04 bits per heavy atom. The second-order valence-corrected chi connectivity index (χ2v) is 6.15. The van der Waals surface area contributed by atoms with Gasteiger partial charge in [-0.25, -0.2) is 9.97 Å². The molecule has 0 saturated heterocycles. The van der Waals surface area contributed by atoms with E-state index in [1.54, 1.807) is 24.4 Å². The summed E-state index contributed by atoms with van der Waals surface area (Å²) in [6.07, 6.45) is 1.60. The third-order valence-corrected chi connectivity index (χ3v) is 4.35. The summed E-state index contributed by atoms with van der Waals surface area (Å²) < 4.78 is 5.92. The Kier molecular flexibility index (Phi) is 4.99. The molecule has 2 aromatic heterocycles. The van der Waals surface area contributed by atoms with Crippen LogP contribution in [0.25, 0.3) is 22.4 Å². The number of aromatic nitrogens is 2. The lowest BCUT2D eigenvalue weighted by Crippen LogP contribution is -2.16. The molecule has 7 heteroatoms. The number of benzene rings is 2.